The molecule has 0 spiro atoms. The molecule has 2 aliphatic rings. The van der Waals surface area contributed by atoms with Gasteiger partial charge in [-0.25, -0.2) is 0 Å². The number of hydrogen-bond acceptors (Lipinski definition) is 2. The van der Waals surface area contributed by atoms with Gasteiger partial charge in [0.25, 0.3) is 0 Å². The predicted octanol–water partition coefficient (Wildman–Crippen LogP) is 2.25. The van der Waals surface area contributed by atoms with Crippen LogP contribution in [0.25, 0.3) is 0 Å². The second kappa shape index (κ2) is 4.84. The summed E-state index contributed by atoms with van der Waals surface area (Å²) in [6.45, 7) is 6.01. The minimum Gasteiger partial charge on any atom is -0.317 e. The fourth-order valence-electron chi connectivity index (χ4n) is 3.28. The van der Waals surface area contributed by atoms with E-state index in [0.717, 1.165) is 24.0 Å². The first-order chi connectivity index (χ1) is 7.20. The summed E-state index contributed by atoms with van der Waals surface area (Å²) in [4.78, 5) is 2.80. The molecule has 2 atom stereocenters. The van der Waals surface area contributed by atoms with Crippen LogP contribution in [0.5, 0.6) is 0 Å². The molecule has 2 heteroatoms. The van der Waals surface area contributed by atoms with E-state index in [2.05, 4.69) is 31.1 Å². The Morgan fingerprint density at radius 2 is 1.80 bits per heavy atom. The predicted molar refractivity (Wildman–Crippen MR) is 65.1 cm³/mol. The second-order valence-corrected chi connectivity index (χ2v) is 5.76. The summed E-state index contributed by atoms with van der Waals surface area (Å²) in [5.41, 5.74) is 0. The summed E-state index contributed by atoms with van der Waals surface area (Å²) in [6.07, 6.45) is 7.02. The first-order valence-corrected chi connectivity index (χ1v) is 6.63. The van der Waals surface area contributed by atoms with Gasteiger partial charge in [-0.1, -0.05) is 13.8 Å². The minimum atomic E-state index is 0.790. The fraction of sp³-hybridized carbons (Fsp3) is 1.00. The van der Waals surface area contributed by atoms with Crippen LogP contribution in [0.2, 0.25) is 0 Å². The molecule has 0 aromatic carbocycles. The summed E-state index contributed by atoms with van der Waals surface area (Å²) in [5.74, 6) is 0.853. The minimum absolute atomic E-state index is 0.790. The van der Waals surface area contributed by atoms with E-state index in [1.54, 1.807) is 0 Å². The average molecular weight is 210 g/mol. The Bertz CT molecular complexity index is 189. The molecule has 0 radical (unpaired) electrons. The van der Waals surface area contributed by atoms with Gasteiger partial charge in [0.05, 0.1) is 0 Å². The average Bonchev–Trinajstić information content (AvgIpc) is 2.46. The molecule has 2 nitrogen and oxygen atoms in total. The van der Waals surface area contributed by atoms with Gasteiger partial charge in [-0.05, 0) is 51.6 Å². The zero-order valence-corrected chi connectivity index (χ0v) is 10.5. The van der Waals surface area contributed by atoms with Crippen LogP contribution >= 0.6 is 0 Å². The van der Waals surface area contributed by atoms with Gasteiger partial charge in [-0.15, -0.1) is 0 Å². The lowest BCUT2D eigenvalue weighted by Crippen LogP contribution is -2.48. The molecule has 2 fully saturated rings. The Hall–Kier alpha value is -0.0800. The fourth-order valence-corrected chi connectivity index (χ4v) is 3.28. The third-order valence-corrected chi connectivity index (χ3v) is 4.26. The lowest BCUT2D eigenvalue weighted by molar-refractivity contribution is 0.113. The molecule has 0 amide bonds. The van der Waals surface area contributed by atoms with Gasteiger partial charge in [0.15, 0.2) is 0 Å². The van der Waals surface area contributed by atoms with Gasteiger partial charge in [0.1, 0.15) is 0 Å². The normalized spacial score (nSPS) is 36.4. The summed E-state index contributed by atoms with van der Waals surface area (Å²) in [5, 5.41) is 3.46. The van der Waals surface area contributed by atoms with E-state index in [9.17, 15) is 0 Å². The summed E-state index contributed by atoms with van der Waals surface area (Å²) >= 11 is 0. The molecule has 0 aromatic heterocycles. The molecule has 2 aliphatic heterocycles. The number of fused-ring (bicyclic) bond motifs is 2. The van der Waals surface area contributed by atoms with Crippen molar-refractivity contribution in [2.45, 2.75) is 64.1 Å². The van der Waals surface area contributed by atoms with Crippen LogP contribution in [0.1, 0.15) is 46.0 Å². The molecule has 15 heavy (non-hydrogen) atoms. The molecule has 0 saturated carbocycles. The van der Waals surface area contributed by atoms with E-state index >= 15 is 0 Å². The van der Waals surface area contributed by atoms with E-state index < -0.39 is 0 Å². The zero-order chi connectivity index (χ0) is 10.8. The van der Waals surface area contributed by atoms with Crippen molar-refractivity contribution in [3.63, 3.8) is 0 Å². The first kappa shape index (κ1) is 11.4. The van der Waals surface area contributed by atoms with Gasteiger partial charge < -0.3 is 5.32 Å². The summed E-state index contributed by atoms with van der Waals surface area (Å²) in [7, 11) is 2.12. The maximum atomic E-state index is 3.46. The lowest BCUT2D eigenvalue weighted by Gasteiger charge is -2.39. The van der Waals surface area contributed by atoms with E-state index in [4.69, 9.17) is 0 Å². The molecule has 0 aromatic rings. The summed E-state index contributed by atoms with van der Waals surface area (Å²) in [6, 6.07) is 2.57. The largest absolute Gasteiger partial charge is 0.317 e. The standard InChI is InChI=1S/C13H26N2/c1-10(2)6-7-15-12-4-5-13(15)9-11(8-12)14-3/h10-14H,4-9H2,1-3H3. The molecule has 2 saturated heterocycles. The Morgan fingerprint density at radius 1 is 1.20 bits per heavy atom. The Labute approximate surface area is 94.4 Å². The van der Waals surface area contributed by atoms with Crippen LogP contribution in [0.15, 0.2) is 0 Å². The van der Waals surface area contributed by atoms with Crippen molar-refractivity contribution < 1.29 is 0 Å². The first-order valence-electron chi connectivity index (χ1n) is 6.63. The van der Waals surface area contributed by atoms with Gasteiger partial charge in [0.2, 0.25) is 0 Å². The molecule has 1 N–H and O–H groups in total. The van der Waals surface area contributed by atoms with Crippen molar-refractivity contribution in [3.05, 3.63) is 0 Å². The molecule has 2 unspecified atom stereocenters. The highest BCUT2D eigenvalue weighted by Crippen LogP contribution is 2.35. The van der Waals surface area contributed by atoms with Gasteiger partial charge in [0, 0.05) is 18.1 Å². The van der Waals surface area contributed by atoms with E-state index in [0.29, 0.717) is 0 Å². The molecule has 2 rings (SSSR count). The molecule has 2 bridgehead atoms. The van der Waals surface area contributed by atoms with Crippen LogP contribution in [-0.4, -0.2) is 36.6 Å². The molecule has 2 heterocycles. The van der Waals surface area contributed by atoms with E-state index in [-0.39, 0.29) is 0 Å². The number of piperidine rings is 1. The number of rotatable bonds is 4. The Balaban J connectivity index is 1.87. The second-order valence-electron chi connectivity index (χ2n) is 5.76. The van der Waals surface area contributed by atoms with Crippen molar-refractivity contribution in [3.8, 4) is 0 Å². The van der Waals surface area contributed by atoms with Gasteiger partial charge >= 0.3 is 0 Å². The van der Waals surface area contributed by atoms with E-state index in [1.807, 2.05) is 0 Å². The van der Waals surface area contributed by atoms with Crippen molar-refractivity contribution >= 4 is 0 Å². The third-order valence-electron chi connectivity index (χ3n) is 4.26. The van der Waals surface area contributed by atoms with Crippen molar-refractivity contribution in [1.29, 1.82) is 0 Å². The van der Waals surface area contributed by atoms with Gasteiger partial charge in [-0.2, -0.15) is 0 Å². The maximum absolute atomic E-state index is 3.46. The van der Waals surface area contributed by atoms with Crippen molar-refractivity contribution in [2.75, 3.05) is 13.6 Å². The quantitative estimate of drug-likeness (QED) is 0.765. The molecular formula is C13H26N2. The van der Waals surface area contributed by atoms with Crippen LogP contribution in [0, 0.1) is 5.92 Å². The number of nitrogens with one attached hydrogen (secondary N) is 1. The van der Waals surface area contributed by atoms with Gasteiger partial charge in [-0.3, -0.25) is 4.90 Å². The topological polar surface area (TPSA) is 15.3 Å². The monoisotopic (exact) mass is 210 g/mol. The number of hydrogen-bond donors (Lipinski definition) is 1. The molecule has 0 aliphatic carbocycles. The number of nitrogens with zero attached hydrogens (tertiary/aromatic N) is 1. The highest BCUT2D eigenvalue weighted by atomic mass is 15.2. The molecule has 88 valence electrons. The lowest BCUT2D eigenvalue weighted by atomic mass is 9.96. The third kappa shape index (κ3) is 2.54. The van der Waals surface area contributed by atoms with Crippen molar-refractivity contribution in [2.24, 2.45) is 5.92 Å². The highest BCUT2D eigenvalue weighted by molar-refractivity contribution is 4.97. The highest BCUT2D eigenvalue weighted by Gasteiger charge is 2.39. The van der Waals surface area contributed by atoms with Crippen LogP contribution in [-0.2, 0) is 0 Å². The van der Waals surface area contributed by atoms with E-state index in [1.165, 1.54) is 38.6 Å². The SMILES string of the molecule is CNC1CC2CCC(C1)N2CCC(C)C. The van der Waals surface area contributed by atoms with Crippen LogP contribution in [0.4, 0.5) is 0 Å². The zero-order valence-electron chi connectivity index (χ0n) is 10.5. The maximum Gasteiger partial charge on any atom is 0.0114 e. The summed E-state index contributed by atoms with van der Waals surface area (Å²) < 4.78 is 0. The Kier molecular flexibility index (Phi) is 3.68. The van der Waals surface area contributed by atoms with Crippen molar-refractivity contribution in [1.82, 2.24) is 10.2 Å². The van der Waals surface area contributed by atoms with Crippen LogP contribution < -0.4 is 5.32 Å². The van der Waals surface area contributed by atoms with Crippen LogP contribution in [0.3, 0.4) is 0 Å². The molecular weight excluding hydrogens is 184 g/mol. The Morgan fingerprint density at radius 3 is 2.27 bits per heavy atom. The smallest absolute Gasteiger partial charge is 0.0114 e.